The maximum Gasteiger partial charge on any atom is 0.261 e. The fourth-order valence-electron chi connectivity index (χ4n) is 3.51. The summed E-state index contributed by atoms with van der Waals surface area (Å²) in [5.41, 5.74) is 1.81. The quantitative estimate of drug-likeness (QED) is 0.340. The zero-order chi connectivity index (χ0) is 24.3. The monoisotopic (exact) mass is 542 g/mol. The Hall–Kier alpha value is -2.83. The van der Waals surface area contributed by atoms with E-state index in [2.05, 4.69) is 21.2 Å². The molecular formula is C27H28BrClN2O3. The third-order valence-corrected chi connectivity index (χ3v) is 6.00. The minimum Gasteiger partial charge on any atom is -0.484 e. The number of hydrogen-bond acceptors (Lipinski definition) is 3. The van der Waals surface area contributed by atoms with Crippen LogP contribution >= 0.6 is 27.5 Å². The SMILES string of the molecule is CCCNC(=O)C(Cc1ccccc1)N(Cc1cccc(Cl)c1)C(=O)COc1ccc(Br)cc1. The summed E-state index contributed by atoms with van der Waals surface area (Å²) in [6.07, 6.45) is 1.19. The van der Waals surface area contributed by atoms with Crippen molar-refractivity contribution in [2.45, 2.75) is 32.4 Å². The van der Waals surface area contributed by atoms with Gasteiger partial charge in [0.25, 0.3) is 5.91 Å². The molecule has 7 heteroatoms. The normalized spacial score (nSPS) is 11.5. The second kappa shape index (κ2) is 13.2. The molecule has 1 N–H and O–H groups in total. The molecule has 0 saturated heterocycles. The van der Waals surface area contributed by atoms with E-state index in [1.54, 1.807) is 29.2 Å². The van der Waals surface area contributed by atoms with Gasteiger partial charge in [-0.05, 0) is 53.9 Å². The first-order valence-corrected chi connectivity index (χ1v) is 12.4. The first kappa shape index (κ1) is 25.8. The van der Waals surface area contributed by atoms with E-state index in [0.29, 0.717) is 23.7 Å². The van der Waals surface area contributed by atoms with Crippen molar-refractivity contribution in [2.75, 3.05) is 13.2 Å². The van der Waals surface area contributed by atoms with Gasteiger partial charge in [0.15, 0.2) is 6.61 Å². The number of hydrogen-bond donors (Lipinski definition) is 1. The van der Waals surface area contributed by atoms with Crippen molar-refractivity contribution < 1.29 is 14.3 Å². The predicted octanol–water partition coefficient (Wildman–Crippen LogP) is 5.65. The minimum atomic E-state index is -0.700. The Bertz CT molecular complexity index is 1080. The lowest BCUT2D eigenvalue weighted by atomic mass is 10.0. The van der Waals surface area contributed by atoms with Crippen LogP contribution in [-0.4, -0.2) is 35.9 Å². The van der Waals surface area contributed by atoms with E-state index in [9.17, 15) is 9.59 Å². The van der Waals surface area contributed by atoms with Crippen molar-refractivity contribution >= 4 is 39.3 Å². The summed E-state index contributed by atoms with van der Waals surface area (Å²) in [4.78, 5) is 28.3. The van der Waals surface area contributed by atoms with Gasteiger partial charge in [-0.15, -0.1) is 0 Å². The van der Waals surface area contributed by atoms with E-state index in [-0.39, 0.29) is 25.0 Å². The Labute approximate surface area is 214 Å². The van der Waals surface area contributed by atoms with E-state index < -0.39 is 6.04 Å². The molecule has 3 aromatic carbocycles. The van der Waals surface area contributed by atoms with Gasteiger partial charge in [-0.3, -0.25) is 9.59 Å². The van der Waals surface area contributed by atoms with Crippen molar-refractivity contribution in [1.29, 1.82) is 0 Å². The third-order valence-electron chi connectivity index (χ3n) is 5.24. The Kier molecular flexibility index (Phi) is 9.98. The first-order chi connectivity index (χ1) is 16.5. The molecule has 178 valence electrons. The van der Waals surface area contributed by atoms with Crippen LogP contribution < -0.4 is 10.1 Å². The molecule has 1 unspecified atom stereocenters. The van der Waals surface area contributed by atoms with Crippen LogP contribution in [0.15, 0.2) is 83.3 Å². The standard InChI is InChI=1S/C27H28BrClN2O3/c1-2-15-30-27(33)25(17-20-7-4-3-5-8-20)31(18-21-9-6-10-23(29)16-21)26(32)19-34-24-13-11-22(28)12-14-24/h3-14,16,25H,2,15,17-19H2,1H3,(H,30,33). The van der Waals surface area contributed by atoms with Crippen molar-refractivity contribution in [2.24, 2.45) is 0 Å². The minimum absolute atomic E-state index is 0.186. The zero-order valence-corrected chi connectivity index (χ0v) is 21.4. The molecule has 3 rings (SSSR count). The van der Waals surface area contributed by atoms with Crippen LogP contribution in [0.25, 0.3) is 0 Å². The number of rotatable bonds is 11. The van der Waals surface area contributed by atoms with Gasteiger partial charge >= 0.3 is 0 Å². The number of carbonyl (C=O) groups excluding carboxylic acids is 2. The van der Waals surface area contributed by atoms with Crippen molar-refractivity contribution in [3.8, 4) is 5.75 Å². The van der Waals surface area contributed by atoms with Gasteiger partial charge in [-0.2, -0.15) is 0 Å². The molecule has 0 aliphatic heterocycles. The number of amides is 2. The smallest absolute Gasteiger partial charge is 0.261 e. The number of nitrogens with zero attached hydrogens (tertiary/aromatic N) is 1. The summed E-state index contributed by atoms with van der Waals surface area (Å²) >= 11 is 9.58. The van der Waals surface area contributed by atoms with Gasteiger partial charge in [-0.1, -0.05) is 76.9 Å². The average Bonchev–Trinajstić information content (AvgIpc) is 2.85. The second-order valence-electron chi connectivity index (χ2n) is 7.89. The van der Waals surface area contributed by atoms with Crippen LogP contribution in [0.3, 0.4) is 0 Å². The summed E-state index contributed by atoms with van der Waals surface area (Å²) in [5.74, 6) is 0.106. The summed E-state index contributed by atoms with van der Waals surface area (Å²) in [6.45, 7) is 2.58. The van der Waals surface area contributed by atoms with Gasteiger partial charge in [0.1, 0.15) is 11.8 Å². The van der Waals surface area contributed by atoms with Crippen LogP contribution in [0, 0.1) is 0 Å². The Morgan fingerprint density at radius 2 is 1.71 bits per heavy atom. The van der Waals surface area contributed by atoms with Gasteiger partial charge in [0.05, 0.1) is 0 Å². The molecule has 5 nitrogen and oxygen atoms in total. The molecule has 0 aliphatic carbocycles. The molecule has 0 aromatic heterocycles. The number of nitrogens with one attached hydrogen (secondary N) is 1. The Morgan fingerprint density at radius 3 is 2.38 bits per heavy atom. The Balaban J connectivity index is 1.88. The topological polar surface area (TPSA) is 58.6 Å². The molecule has 2 amide bonds. The fraction of sp³-hybridized carbons (Fsp3) is 0.259. The number of ether oxygens (including phenoxy) is 1. The molecule has 0 bridgehead atoms. The molecule has 3 aromatic rings. The van der Waals surface area contributed by atoms with Crippen molar-refractivity contribution in [3.63, 3.8) is 0 Å². The lowest BCUT2D eigenvalue weighted by Gasteiger charge is -2.31. The summed E-state index contributed by atoms with van der Waals surface area (Å²) in [5, 5.41) is 3.54. The van der Waals surface area contributed by atoms with Crippen LogP contribution in [0.5, 0.6) is 5.75 Å². The van der Waals surface area contributed by atoms with Crippen LogP contribution in [0.2, 0.25) is 5.02 Å². The summed E-state index contributed by atoms with van der Waals surface area (Å²) in [7, 11) is 0. The molecule has 0 saturated carbocycles. The summed E-state index contributed by atoms with van der Waals surface area (Å²) in [6, 6.07) is 23.6. The third kappa shape index (κ3) is 7.89. The molecule has 0 radical (unpaired) electrons. The highest BCUT2D eigenvalue weighted by atomic mass is 79.9. The van der Waals surface area contributed by atoms with Gasteiger partial charge in [0, 0.05) is 29.0 Å². The molecule has 0 spiro atoms. The molecule has 0 fully saturated rings. The van der Waals surface area contributed by atoms with E-state index in [1.165, 1.54) is 0 Å². The lowest BCUT2D eigenvalue weighted by molar-refractivity contribution is -0.142. The largest absolute Gasteiger partial charge is 0.484 e. The molecular weight excluding hydrogens is 516 g/mol. The average molecular weight is 544 g/mol. The van der Waals surface area contributed by atoms with Crippen LogP contribution in [-0.2, 0) is 22.6 Å². The van der Waals surface area contributed by atoms with E-state index in [0.717, 1.165) is 22.0 Å². The van der Waals surface area contributed by atoms with E-state index >= 15 is 0 Å². The lowest BCUT2D eigenvalue weighted by Crippen LogP contribution is -2.51. The molecule has 1 atom stereocenters. The fourth-order valence-corrected chi connectivity index (χ4v) is 3.99. The van der Waals surface area contributed by atoms with Crippen molar-refractivity contribution in [3.05, 3.63) is 99.5 Å². The van der Waals surface area contributed by atoms with Gasteiger partial charge < -0.3 is 15.0 Å². The highest BCUT2D eigenvalue weighted by Gasteiger charge is 2.30. The number of carbonyl (C=O) groups is 2. The van der Waals surface area contributed by atoms with Gasteiger partial charge in [0.2, 0.25) is 5.91 Å². The molecule has 0 heterocycles. The predicted molar refractivity (Wildman–Crippen MR) is 139 cm³/mol. The number of halogens is 2. The highest BCUT2D eigenvalue weighted by Crippen LogP contribution is 2.19. The van der Waals surface area contributed by atoms with E-state index in [1.807, 2.05) is 61.5 Å². The Morgan fingerprint density at radius 1 is 1.00 bits per heavy atom. The molecule has 0 aliphatic rings. The van der Waals surface area contributed by atoms with Crippen LogP contribution in [0.4, 0.5) is 0 Å². The molecule has 34 heavy (non-hydrogen) atoms. The number of benzene rings is 3. The first-order valence-electron chi connectivity index (χ1n) is 11.2. The summed E-state index contributed by atoms with van der Waals surface area (Å²) < 4.78 is 6.68. The second-order valence-corrected chi connectivity index (χ2v) is 9.24. The zero-order valence-electron chi connectivity index (χ0n) is 19.0. The van der Waals surface area contributed by atoms with E-state index in [4.69, 9.17) is 16.3 Å². The van der Waals surface area contributed by atoms with Crippen molar-refractivity contribution in [1.82, 2.24) is 10.2 Å². The van der Waals surface area contributed by atoms with Crippen LogP contribution in [0.1, 0.15) is 24.5 Å². The maximum atomic E-state index is 13.5. The highest BCUT2D eigenvalue weighted by molar-refractivity contribution is 9.10. The maximum absolute atomic E-state index is 13.5. The van der Waals surface area contributed by atoms with Gasteiger partial charge in [-0.25, -0.2) is 0 Å².